The van der Waals surface area contributed by atoms with Crippen LogP contribution < -0.4 is 0 Å². The van der Waals surface area contributed by atoms with Gasteiger partial charge in [0.2, 0.25) is 0 Å². The molecule has 0 aliphatic carbocycles. The fourth-order valence-corrected chi connectivity index (χ4v) is 6.48. The van der Waals surface area contributed by atoms with Crippen molar-refractivity contribution in [3.05, 3.63) is 151 Å². The summed E-state index contributed by atoms with van der Waals surface area (Å²) in [5.41, 5.74) is 9.06. The molecule has 6 aromatic carbocycles. The highest BCUT2D eigenvalue weighted by atomic mass is 16.4. The lowest BCUT2D eigenvalue weighted by molar-refractivity contribution is -0.132. The fraction of sp³-hybridized carbons (Fsp3) is 0. The average Bonchev–Trinajstić information content (AvgIpc) is 3.59. The molecule has 0 aliphatic rings. The third kappa shape index (κ3) is 4.28. The number of fused-ring (bicyclic) bond motifs is 6. The van der Waals surface area contributed by atoms with Crippen LogP contribution in [0.25, 0.3) is 72.2 Å². The summed E-state index contributed by atoms with van der Waals surface area (Å²) in [4.78, 5) is 11.6. The van der Waals surface area contributed by atoms with Crippen molar-refractivity contribution < 1.29 is 9.90 Å². The van der Waals surface area contributed by atoms with E-state index in [0.717, 1.165) is 55.3 Å². The topological polar surface area (TPSA) is 71.0 Å². The third-order valence-electron chi connectivity index (χ3n) is 8.49. The van der Waals surface area contributed by atoms with Gasteiger partial charge in [0.05, 0.1) is 22.1 Å². The van der Waals surface area contributed by atoms with Crippen molar-refractivity contribution in [2.24, 2.45) is 0 Å². The van der Waals surface area contributed by atoms with Gasteiger partial charge in [0.15, 0.2) is 0 Å². The van der Waals surface area contributed by atoms with Gasteiger partial charge in [-0.1, -0.05) is 72.8 Å². The number of hydrogen-bond donors (Lipinski definition) is 1. The zero-order valence-corrected chi connectivity index (χ0v) is 24.1. The lowest BCUT2D eigenvalue weighted by Crippen LogP contribution is -1.97. The molecular formula is C40H25N3O2. The van der Waals surface area contributed by atoms with Gasteiger partial charge in [-0.2, -0.15) is 5.26 Å². The molecule has 212 valence electrons. The predicted octanol–water partition coefficient (Wildman–Crippen LogP) is 9.54. The van der Waals surface area contributed by atoms with Crippen molar-refractivity contribution in [2.45, 2.75) is 0 Å². The number of aromatic nitrogens is 2. The second-order valence-electron chi connectivity index (χ2n) is 11.1. The molecule has 0 radical (unpaired) electrons. The molecule has 2 heterocycles. The zero-order chi connectivity index (χ0) is 30.5. The second kappa shape index (κ2) is 10.4. The van der Waals surface area contributed by atoms with Crippen molar-refractivity contribution in [2.75, 3.05) is 0 Å². The number of benzene rings is 6. The van der Waals surface area contributed by atoms with Crippen molar-refractivity contribution in [3.8, 4) is 28.6 Å². The van der Waals surface area contributed by atoms with E-state index in [0.29, 0.717) is 5.56 Å². The molecule has 0 bridgehead atoms. The van der Waals surface area contributed by atoms with E-state index in [4.69, 9.17) is 0 Å². The number of carboxylic acids is 1. The van der Waals surface area contributed by atoms with E-state index < -0.39 is 5.97 Å². The Kier molecular flexibility index (Phi) is 6.07. The molecule has 0 aliphatic heterocycles. The number of carboxylic acid groups (broad SMARTS) is 1. The van der Waals surface area contributed by atoms with E-state index in [1.54, 1.807) is 6.07 Å². The van der Waals surface area contributed by atoms with E-state index in [2.05, 4.69) is 106 Å². The van der Waals surface area contributed by atoms with Crippen LogP contribution in [-0.4, -0.2) is 20.2 Å². The lowest BCUT2D eigenvalue weighted by Gasteiger charge is -2.09. The maximum absolute atomic E-state index is 11.6. The van der Waals surface area contributed by atoms with Crippen molar-refractivity contribution >= 4 is 55.7 Å². The summed E-state index contributed by atoms with van der Waals surface area (Å²) in [6.07, 6.45) is 1.42. The zero-order valence-electron chi connectivity index (χ0n) is 24.1. The van der Waals surface area contributed by atoms with Gasteiger partial charge in [-0.25, -0.2) is 4.79 Å². The Morgan fingerprint density at radius 3 is 1.58 bits per heavy atom. The summed E-state index contributed by atoms with van der Waals surface area (Å²) in [6.45, 7) is 0. The van der Waals surface area contributed by atoms with Crippen molar-refractivity contribution in [1.29, 1.82) is 5.26 Å². The summed E-state index contributed by atoms with van der Waals surface area (Å²) in [7, 11) is 0. The Morgan fingerprint density at radius 2 is 1.02 bits per heavy atom. The SMILES string of the molecule is N#CC(=Cc1ccc2c(c1)c1cc(-c3ccc4c(c3)c3ccccc3n4-c3ccccc3)ccc1n2-c1ccccc1)C(=O)O. The molecule has 0 unspecified atom stereocenters. The number of para-hydroxylation sites is 3. The number of nitriles is 1. The van der Waals surface area contributed by atoms with Gasteiger partial charge in [-0.05, 0) is 89.5 Å². The molecular weight excluding hydrogens is 554 g/mol. The normalized spacial score (nSPS) is 11.8. The predicted molar refractivity (Wildman–Crippen MR) is 182 cm³/mol. The average molecular weight is 580 g/mol. The first kappa shape index (κ1) is 26.3. The molecule has 8 rings (SSSR count). The second-order valence-corrected chi connectivity index (χ2v) is 11.1. The van der Waals surface area contributed by atoms with Crippen LogP contribution in [0.2, 0.25) is 0 Å². The molecule has 0 fully saturated rings. The molecule has 2 aromatic heterocycles. The molecule has 5 heteroatoms. The molecule has 45 heavy (non-hydrogen) atoms. The fourth-order valence-electron chi connectivity index (χ4n) is 6.48. The maximum Gasteiger partial charge on any atom is 0.346 e. The Balaban J connectivity index is 1.36. The van der Waals surface area contributed by atoms with Crippen molar-refractivity contribution in [3.63, 3.8) is 0 Å². The third-order valence-corrected chi connectivity index (χ3v) is 8.49. The van der Waals surface area contributed by atoms with Gasteiger partial charge in [-0.15, -0.1) is 0 Å². The summed E-state index contributed by atoms with van der Waals surface area (Å²) >= 11 is 0. The first-order valence-electron chi connectivity index (χ1n) is 14.7. The maximum atomic E-state index is 11.6. The Labute approximate surface area is 258 Å². The van der Waals surface area contributed by atoms with Crippen LogP contribution in [0.15, 0.2) is 145 Å². The Morgan fingerprint density at radius 1 is 0.556 bits per heavy atom. The van der Waals surface area contributed by atoms with Crippen LogP contribution in [0, 0.1) is 11.3 Å². The monoisotopic (exact) mass is 579 g/mol. The first-order valence-corrected chi connectivity index (χ1v) is 14.7. The van der Waals surface area contributed by atoms with E-state index in [-0.39, 0.29) is 5.57 Å². The highest BCUT2D eigenvalue weighted by molar-refractivity contribution is 6.13. The molecule has 0 saturated heterocycles. The molecule has 8 aromatic rings. The van der Waals surface area contributed by atoms with E-state index >= 15 is 0 Å². The van der Waals surface area contributed by atoms with Crippen LogP contribution in [0.1, 0.15) is 5.56 Å². The minimum Gasteiger partial charge on any atom is -0.477 e. The first-order chi connectivity index (χ1) is 22.1. The summed E-state index contributed by atoms with van der Waals surface area (Å²) in [5, 5.41) is 23.2. The molecule has 0 atom stereocenters. The largest absolute Gasteiger partial charge is 0.477 e. The van der Waals surface area contributed by atoms with E-state index in [1.165, 1.54) is 16.8 Å². The smallest absolute Gasteiger partial charge is 0.346 e. The number of hydrogen-bond acceptors (Lipinski definition) is 2. The number of aliphatic carboxylic acids is 1. The van der Waals surface area contributed by atoms with Crippen LogP contribution >= 0.6 is 0 Å². The van der Waals surface area contributed by atoms with Crippen molar-refractivity contribution in [1.82, 2.24) is 9.13 Å². The molecule has 5 nitrogen and oxygen atoms in total. The molecule has 0 amide bonds. The summed E-state index contributed by atoms with van der Waals surface area (Å²) < 4.78 is 4.54. The van der Waals surface area contributed by atoms with Gasteiger partial charge in [0.25, 0.3) is 0 Å². The highest BCUT2D eigenvalue weighted by Gasteiger charge is 2.16. The van der Waals surface area contributed by atoms with E-state index in [9.17, 15) is 15.2 Å². The van der Waals surface area contributed by atoms with Gasteiger partial charge in [0, 0.05) is 32.9 Å². The number of rotatable bonds is 5. The highest BCUT2D eigenvalue weighted by Crippen LogP contribution is 2.38. The minimum atomic E-state index is -1.24. The number of nitrogens with zero attached hydrogens (tertiary/aromatic N) is 3. The van der Waals surface area contributed by atoms with Crippen LogP contribution in [0.5, 0.6) is 0 Å². The summed E-state index contributed by atoms with van der Waals surface area (Å²) in [6, 6.07) is 49.9. The number of carbonyl (C=O) groups is 1. The lowest BCUT2D eigenvalue weighted by atomic mass is 10.00. The van der Waals surface area contributed by atoms with Gasteiger partial charge in [-0.3, -0.25) is 0 Å². The molecule has 0 spiro atoms. The van der Waals surface area contributed by atoms with Crippen LogP contribution in [0.4, 0.5) is 0 Å². The van der Waals surface area contributed by atoms with Gasteiger partial charge in [0.1, 0.15) is 11.6 Å². The quantitative estimate of drug-likeness (QED) is 0.163. The Hall–Kier alpha value is -6.38. The summed E-state index contributed by atoms with van der Waals surface area (Å²) in [5.74, 6) is -1.24. The standard InChI is InChI=1S/C40H25N3O2/c41-25-29(40(44)45)21-26-15-18-37-33(22-26)35-24-28(17-20-39(35)43(37)31-11-5-2-6-12-31)27-16-19-38-34(23-27)32-13-7-8-14-36(32)42(38)30-9-3-1-4-10-30/h1-24H,(H,44,45). The molecule has 0 saturated carbocycles. The molecule has 1 N–H and O–H groups in total. The van der Waals surface area contributed by atoms with E-state index in [1.807, 2.05) is 42.5 Å². The van der Waals surface area contributed by atoms with Gasteiger partial charge < -0.3 is 14.2 Å². The minimum absolute atomic E-state index is 0.301. The van der Waals surface area contributed by atoms with Gasteiger partial charge >= 0.3 is 5.97 Å². The van der Waals surface area contributed by atoms with Crippen LogP contribution in [-0.2, 0) is 4.79 Å². The van der Waals surface area contributed by atoms with Crippen LogP contribution in [0.3, 0.4) is 0 Å². The Bertz CT molecular complexity index is 2510.